The Kier molecular flexibility index (Phi) is 3.97. The van der Waals surface area contributed by atoms with Gasteiger partial charge in [0.2, 0.25) is 0 Å². The summed E-state index contributed by atoms with van der Waals surface area (Å²) in [6.07, 6.45) is 1.80. The van der Waals surface area contributed by atoms with E-state index in [9.17, 15) is 0 Å². The molecule has 0 atom stereocenters. The predicted molar refractivity (Wildman–Crippen MR) is 76.0 cm³/mol. The van der Waals surface area contributed by atoms with Crippen LogP contribution < -0.4 is 9.64 Å². The van der Waals surface area contributed by atoms with Crippen LogP contribution in [0.2, 0.25) is 0 Å². The first-order valence-corrected chi connectivity index (χ1v) is 5.76. The Bertz CT molecular complexity index is 506. The van der Waals surface area contributed by atoms with E-state index in [1.54, 1.807) is 13.4 Å². The van der Waals surface area contributed by atoms with Crippen LogP contribution in [0.15, 0.2) is 59.6 Å². The first kappa shape index (κ1) is 12.2. The van der Waals surface area contributed by atoms with E-state index in [0.717, 1.165) is 17.1 Å². The molecule has 0 saturated carbocycles. The molecule has 0 fully saturated rings. The topological polar surface area (TPSA) is 24.8 Å². The van der Waals surface area contributed by atoms with E-state index in [1.165, 1.54) is 0 Å². The van der Waals surface area contributed by atoms with Gasteiger partial charge in [-0.3, -0.25) is 0 Å². The van der Waals surface area contributed by atoms with E-state index in [4.69, 9.17) is 4.74 Å². The van der Waals surface area contributed by atoms with Crippen molar-refractivity contribution in [1.82, 2.24) is 0 Å². The first-order valence-electron chi connectivity index (χ1n) is 5.76. The Balaban J connectivity index is 2.07. The molecule has 0 aliphatic carbocycles. The van der Waals surface area contributed by atoms with Crippen molar-refractivity contribution >= 4 is 17.7 Å². The summed E-state index contributed by atoms with van der Waals surface area (Å²) < 4.78 is 5.13. The molecule has 3 heteroatoms. The highest BCUT2D eigenvalue weighted by molar-refractivity contribution is 5.80. The second kappa shape index (κ2) is 5.87. The zero-order valence-corrected chi connectivity index (χ0v) is 10.6. The number of aliphatic imine (C=N–C) groups is 1. The lowest BCUT2D eigenvalue weighted by Crippen LogP contribution is -2.13. The van der Waals surface area contributed by atoms with Crippen LogP contribution >= 0.6 is 0 Å². The van der Waals surface area contributed by atoms with E-state index >= 15 is 0 Å². The van der Waals surface area contributed by atoms with Crippen molar-refractivity contribution in [3.05, 3.63) is 54.6 Å². The smallest absolute Gasteiger partial charge is 0.119 e. The maximum Gasteiger partial charge on any atom is 0.119 e. The van der Waals surface area contributed by atoms with Crippen LogP contribution in [-0.2, 0) is 0 Å². The van der Waals surface area contributed by atoms with Crippen molar-refractivity contribution < 1.29 is 4.74 Å². The molecule has 92 valence electrons. The molecule has 0 amide bonds. The van der Waals surface area contributed by atoms with Crippen molar-refractivity contribution in [3.63, 3.8) is 0 Å². The highest BCUT2D eigenvalue weighted by Crippen LogP contribution is 2.17. The summed E-state index contributed by atoms with van der Waals surface area (Å²) >= 11 is 0. The maximum absolute atomic E-state index is 5.13. The Morgan fingerprint density at radius 2 is 1.67 bits per heavy atom. The summed E-state index contributed by atoms with van der Waals surface area (Å²) in [6, 6.07) is 17.7. The number of methoxy groups -OCH3 is 1. The summed E-state index contributed by atoms with van der Waals surface area (Å²) in [4.78, 5) is 6.36. The van der Waals surface area contributed by atoms with Crippen LogP contribution in [0.25, 0.3) is 0 Å². The van der Waals surface area contributed by atoms with Gasteiger partial charge in [-0.2, -0.15) is 0 Å². The lowest BCUT2D eigenvalue weighted by molar-refractivity contribution is 0.415. The first-order chi connectivity index (χ1) is 8.79. The third-order valence-corrected chi connectivity index (χ3v) is 2.62. The standard InChI is InChI=1S/C15H16N2O/c1-17(12-16-13-6-4-3-5-7-13)14-8-10-15(18-2)11-9-14/h3-12H,1-2H3. The van der Waals surface area contributed by atoms with Gasteiger partial charge in [0.15, 0.2) is 0 Å². The molecule has 2 rings (SSSR count). The van der Waals surface area contributed by atoms with Crippen molar-refractivity contribution in [1.29, 1.82) is 0 Å². The largest absolute Gasteiger partial charge is 0.497 e. The molecule has 0 N–H and O–H groups in total. The molecule has 2 aromatic rings. The molecular formula is C15H16N2O. The zero-order valence-electron chi connectivity index (χ0n) is 10.6. The second-order valence-corrected chi connectivity index (χ2v) is 3.89. The molecule has 0 heterocycles. The Morgan fingerprint density at radius 1 is 1.00 bits per heavy atom. The van der Waals surface area contributed by atoms with E-state index in [-0.39, 0.29) is 0 Å². The fourth-order valence-corrected chi connectivity index (χ4v) is 1.55. The lowest BCUT2D eigenvalue weighted by Gasteiger charge is -2.13. The quantitative estimate of drug-likeness (QED) is 0.603. The molecule has 0 spiro atoms. The minimum absolute atomic E-state index is 0.854. The molecule has 0 radical (unpaired) electrons. The van der Waals surface area contributed by atoms with Gasteiger partial charge in [0.1, 0.15) is 5.75 Å². The molecule has 0 aliphatic rings. The number of para-hydroxylation sites is 1. The molecule has 0 aliphatic heterocycles. The summed E-state index contributed by atoms with van der Waals surface area (Å²) in [5, 5.41) is 0. The summed E-state index contributed by atoms with van der Waals surface area (Å²) in [5.41, 5.74) is 2.01. The molecule has 18 heavy (non-hydrogen) atoms. The highest BCUT2D eigenvalue weighted by Gasteiger charge is 1.97. The van der Waals surface area contributed by atoms with Gasteiger partial charge in [-0.1, -0.05) is 18.2 Å². The van der Waals surface area contributed by atoms with E-state index in [1.807, 2.05) is 66.5 Å². The number of hydrogen-bond acceptors (Lipinski definition) is 2. The normalized spacial score (nSPS) is 10.6. The Morgan fingerprint density at radius 3 is 2.28 bits per heavy atom. The van der Waals surface area contributed by atoms with E-state index in [2.05, 4.69) is 4.99 Å². The predicted octanol–water partition coefficient (Wildman–Crippen LogP) is 3.49. The molecule has 3 nitrogen and oxygen atoms in total. The van der Waals surface area contributed by atoms with E-state index in [0.29, 0.717) is 0 Å². The third kappa shape index (κ3) is 3.10. The molecule has 0 bridgehead atoms. The van der Waals surface area contributed by atoms with Gasteiger partial charge >= 0.3 is 0 Å². The van der Waals surface area contributed by atoms with Crippen LogP contribution in [0.5, 0.6) is 5.75 Å². The SMILES string of the molecule is COc1ccc(N(C)C=Nc2ccccc2)cc1. The number of ether oxygens (including phenoxy) is 1. The molecule has 0 unspecified atom stereocenters. The second-order valence-electron chi connectivity index (χ2n) is 3.89. The number of hydrogen-bond donors (Lipinski definition) is 0. The summed E-state index contributed by atoms with van der Waals surface area (Å²) in [7, 11) is 3.63. The van der Waals surface area contributed by atoms with Crippen LogP contribution in [0.4, 0.5) is 11.4 Å². The van der Waals surface area contributed by atoms with Gasteiger partial charge in [0, 0.05) is 12.7 Å². The number of anilines is 1. The number of nitrogens with zero attached hydrogens (tertiary/aromatic N) is 2. The number of rotatable bonds is 4. The van der Waals surface area contributed by atoms with Crippen molar-refractivity contribution in [3.8, 4) is 5.75 Å². The number of benzene rings is 2. The van der Waals surface area contributed by atoms with Crippen LogP contribution in [0.3, 0.4) is 0 Å². The monoisotopic (exact) mass is 240 g/mol. The van der Waals surface area contributed by atoms with Gasteiger partial charge < -0.3 is 9.64 Å². The lowest BCUT2D eigenvalue weighted by atomic mass is 10.3. The van der Waals surface area contributed by atoms with E-state index < -0.39 is 0 Å². The van der Waals surface area contributed by atoms with Gasteiger partial charge in [-0.25, -0.2) is 4.99 Å². The summed E-state index contributed by atoms with van der Waals surface area (Å²) in [5.74, 6) is 0.854. The third-order valence-electron chi connectivity index (χ3n) is 2.62. The van der Waals surface area contributed by atoms with Crippen molar-refractivity contribution in [2.24, 2.45) is 4.99 Å². The Hall–Kier alpha value is -2.29. The minimum atomic E-state index is 0.854. The molecule has 0 saturated heterocycles. The molecule has 2 aromatic carbocycles. The fraction of sp³-hybridized carbons (Fsp3) is 0.133. The molecular weight excluding hydrogens is 224 g/mol. The Labute approximate surface area is 107 Å². The van der Waals surface area contributed by atoms with Crippen molar-refractivity contribution in [2.75, 3.05) is 19.1 Å². The molecule has 0 aromatic heterocycles. The minimum Gasteiger partial charge on any atom is -0.497 e. The maximum atomic E-state index is 5.13. The highest BCUT2D eigenvalue weighted by atomic mass is 16.5. The van der Waals surface area contributed by atoms with Crippen molar-refractivity contribution in [2.45, 2.75) is 0 Å². The van der Waals surface area contributed by atoms with Crippen LogP contribution in [0, 0.1) is 0 Å². The van der Waals surface area contributed by atoms with Gasteiger partial charge in [-0.15, -0.1) is 0 Å². The van der Waals surface area contributed by atoms with Gasteiger partial charge in [-0.05, 0) is 36.4 Å². The summed E-state index contributed by atoms with van der Waals surface area (Å²) in [6.45, 7) is 0. The van der Waals surface area contributed by atoms with Gasteiger partial charge in [0.05, 0.1) is 19.1 Å². The van der Waals surface area contributed by atoms with Gasteiger partial charge in [0.25, 0.3) is 0 Å². The average Bonchev–Trinajstić information content (AvgIpc) is 2.46. The fourth-order valence-electron chi connectivity index (χ4n) is 1.55. The zero-order chi connectivity index (χ0) is 12.8. The van der Waals surface area contributed by atoms with Crippen LogP contribution in [0.1, 0.15) is 0 Å². The average molecular weight is 240 g/mol. The van der Waals surface area contributed by atoms with Crippen LogP contribution in [-0.4, -0.2) is 20.5 Å².